The summed E-state index contributed by atoms with van der Waals surface area (Å²) in [7, 11) is 0. The van der Waals surface area contributed by atoms with E-state index in [0.29, 0.717) is 23.2 Å². The molecular formula is C24H26N6O2S2. The number of carbonyl (C=O) groups excluding carboxylic acids is 1. The largest absolute Gasteiger partial charge is 0.397 e. The van der Waals surface area contributed by atoms with Gasteiger partial charge in [-0.25, -0.2) is 4.98 Å². The molecule has 1 amide bonds. The van der Waals surface area contributed by atoms with Gasteiger partial charge in [0.05, 0.1) is 29.0 Å². The van der Waals surface area contributed by atoms with Crippen molar-refractivity contribution >= 4 is 50.6 Å². The number of thiophene rings is 1. The van der Waals surface area contributed by atoms with E-state index in [1.165, 1.54) is 23.1 Å². The van der Waals surface area contributed by atoms with Crippen LogP contribution in [0.5, 0.6) is 0 Å². The average Bonchev–Trinajstić information content (AvgIpc) is 3.55. The van der Waals surface area contributed by atoms with Crippen LogP contribution in [0.15, 0.2) is 41.7 Å². The highest BCUT2D eigenvalue weighted by Gasteiger charge is 2.25. The van der Waals surface area contributed by atoms with Crippen LogP contribution < -0.4 is 11.1 Å². The van der Waals surface area contributed by atoms with Gasteiger partial charge in [0.25, 0.3) is 0 Å². The maximum atomic E-state index is 12.7. The van der Waals surface area contributed by atoms with E-state index in [2.05, 4.69) is 26.6 Å². The van der Waals surface area contributed by atoms with E-state index in [9.17, 15) is 4.79 Å². The van der Waals surface area contributed by atoms with E-state index in [4.69, 9.17) is 10.5 Å². The molecule has 1 aliphatic heterocycles. The zero-order chi connectivity index (χ0) is 23.7. The van der Waals surface area contributed by atoms with Gasteiger partial charge < -0.3 is 15.8 Å². The van der Waals surface area contributed by atoms with Crippen molar-refractivity contribution in [2.75, 3.05) is 23.4 Å². The number of rotatable bonds is 7. The first-order valence-electron chi connectivity index (χ1n) is 11.2. The van der Waals surface area contributed by atoms with Gasteiger partial charge in [-0.05, 0) is 50.5 Å². The third-order valence-electron chi connectivity index (χ3n) is 5.82. The van der Waals surface area contributed by atoms with Crippen LogP contribution in [0, 0.1) is 13.8 Å². The number of nitrogens with one attached hydrogen (secondary N) is 1. The minimum Gasteiger partial charge on any atom is -0.397 e. The van der Waals surface area contributed by atoms with Crippen molar-refractivity contribution in [1.29, 1.82) is 0 Å². The number of thioether (sulfide) groups is 1. The Hall–Kier alpha value is -2.95. The SMILES string of the molecule is Cc1ccc(NC(=O)CSc2nnc(-c3sc4ncccc4c3N)n2CC2CCCO2)c(C)c1. The van der Waals surface area contributed by atoms with Crippen LogP contribution in [-0.4, -0.2) is 44.1 Å². The summed E-state index contributed by atoms with van der Waals surface area (Å²) < 4.78 is 7.92. The lowest BCUT2D eigenvalue weighted by Gasteiger charge is -2.14. The molecule has 10 heteroatoms. The summed E-state index contributed by atoms with van der Waals surface area (Å²) in [6.07, 6.45) is 3.87. The van der Waals surface area contributed by atoms with Gasteiger partial charge in [0.2, 0.25) is 5.91 Å². The quantitative estimate of drug-likeness (QED) is 0.360. The van der Waals surface area contributed by atoms with E-state index >= 15 is 0 Å². The Morgan fingerprint density at radius 1 is 1.32 bits per heavy atom. The number of fused-ring (bicyclic) bond motifs is 1. The zero-order valence-corrected chi connectivity index (χ0v) is 20.7. The fourth-order valence-corrected chi connectivity index (χ4v) is 5.91. The van der Waals surface area contributed by atoms with Gasteiger partial charge in [0.1, 0.15) is 4.83 Å². The van der Waals surface area contributed by atoms with E-state index < -0.39 is 0 Å². The van der Waals surface area contributed by atoms with Crippen molar-refractivity contribution in [3.8, 4) is 10.7 Å². The van der Waals surface area contributed by atoms with Gasteiger partial charge in [0, 0.05) is 23.9 Å². The van der Waals surface area contributed by atoms with Gasteiger partial charge in [-0.3, -0.25) is 9.36 Å². The monoisotopic (exact) mass is 494 g/mol. The van der Waals surface area contributed by atoms with Gasteiger partial charge in [0.15, 0.2) is 11.0 Å². The number of benzene rings is 1. The molecule has 1 aliphatic rings. The number of anilines is 2. The molecule has 4 heterocycles. The maximum absolute atomic E-state index is 12.7. The molecule has 0 bridgehead atoms. The summed E-state index contributed by atoms with van der Waals surface area (Å²) in [6, 6.07) is 9.82. The second-order valence-electron chi connectivity index (χ2n) is 8.41. The number of pyridine rings is 1. The summed E-state index contributed by atoms with van der Waals surface area (Å²) in [5.41, 5.74) is 10.2. The van der Waals surface area contributed by atoms with Crippen LogP contribution in [0.1, 0.15) is 24.0 Å². The Balaban J connectivity index is 1.39. The summed E-state index contributed by atoms with van der Waals surface area (Å²) in [5.74, 6) is 0.824. The molecule has 1 saturated heterocycles. The highest BCUT2D eigenvalue weighted by Crippen LogP contribution is 2.40. The van der Waals surface area contributed by atoms with Crippen molar-refractivity contribution in [3.63, 3.8) is 0 Å². The molecule has 1 fully saturated rings. The normalized spacial score (nSPS) is 15.8. The van der Waals surface area contributed by atoms with Gasteiger partial charge in [-0.1, -0.05) is 29.5 Å². The van der Waals surface area contributed by atoms with Crippen molar-refractivity contribution in [2.24, 2.45) is 0 Å². The molecule has 5 rings (SSSR count). The number of hydrogen-bond donors (Lipinski definition) is 2. The Labute approximate surface area is 205 Å². The van der Waals surface area contributed by atoms with E-state index in [-0.39, 0.29) is 17.8 Å². The van der Waals surface area contributed by atoms with Crippen LogP contribution in [0.25, 0.3) is 20.9 Å². The average molecular weight is 495 g/mol. The topological polar surface area (TPSA) is 108 Å². The lowest BCUT2D eigenvalue weighted by molar-refractivity contribution is -0.113. The molecule has 1 unspecified atom stereocenters. The number of ether oxygens (including phenoxy) is 1. The van der Waals surface area contributed by atoms with Crippen LogP contribution in [0.3, 0.4) is 0 Å². The van der Waals surface area contributed by atoms with Gasteiger partial charge in [-0.2, -0.15) is 0 Å². The minimum absolute atomic E-state index is 0.0873. The first-order valence-corrected chi connectivity index (χ1v) is 13.0. The minimum atomic E-state index is -0.0873. The fraction of sp³-hybridized carbons (Fsp3) is 0.333. The van der Waals surface area contributed by atoms with Crippen LogP contribution in [-0.2, 0) is 16.1 Å². The Kier molecular flexibility index (Phi) is 6.53. The fourth-order valence-electron chi connectivity index (χ4n) is 4.11. The Bertz CT molecular complexity index is 1340. The molecular weight excluding hydrogens is 468 g/mol. The smallest absolute Gasteiger partial charge is 0.234 e. The van der Waals surface area contributed by atoms with Crippen LogP contribution >= 0.6 is 23.1 Å². The third-order valence-corrected chi connectivity index (χ3v) is 7.92. The van der Waals surface area contributed by atoms with E-state index in [1.54, 1.807) is 6.20 Å². The lowest BCUT2D eigenvalue weighted by atomic mass is 10.1. The predicted octanol–water partition coefficient (Wildman–Crippen LogP) is 4.66. The molecule has 3 aromatic heterocycles. The van der Waals surface area contributed by atoms with Crippen LogP contribution in [0.2, 0.25) is 0 Å². The first kappa shape index (κ1) is 22.8. The first-order chi connectivity index (χ1) is 16.5. The number of nitrogens with zero attached hydrogens (tertiary/aromatic N) is 4. The second kappa shape index (κ2) is 9.73. The third kappa shape index (κ3) is 4.66. The summed E-state index contributed by atoms with van der Waals surface area (Å²) in [6.45, 7) is 5.40. The molecule has 1 atom stereocenters. The number of nitrogen functional groups attached to an aromatic ring is 1. The summed E-state index contributed by atoms with van der Waals surface area (Å²) in [4.78, 5) is 18.8. The molecule has 1 aromatic carbocycles. The molecule has 4 aromatic rings. The van der Waals surface area contributed by atoms with Crippen LogP contribution in [0.4, 0.5) is 11.4 Å². The molecule has 3 N–H and O–H groups in total. The van der Waals surface area contributed by atoms with Gasteiger partial charge in [-0.15, -0.1) is 21.5 Å². The molecule has 34 heavy (non-hydrogen) atoms. The Morgan fingerprint density at radius 3 is 2.97 bits per heavy atom. The summed E-state index contributed by atoms with van der Waals surface area (Å²) >= 11 is 2.87. The van der Waals surface area contributed by atoms with Crippen molar-refractivity contribution < 1.29 is 9.53 Å². The maximum Gasteiger partial charge on any atom is 0.234 e. The summed E-state index contributed by atoms with van der Waals surface area (Å²) in [5, 5.41) is 13.5. The van der Waals surface area contributed by atoms with E-state index in [1.807, 2.05) is 42.7 Å². The highest BCUT2D eigenvalue weighted by molar-refractivity contribution is 7.99. The molecule has 176 valence electrons. The Morgan fingerprint density at radius 2 is 2.21 bits per heavy atom. The zero-order valence-electron chi connectivity index (χ0n) is 19.1. The number of aromatic nitrogens is 4. The predicted molar refractivity (Wildman–Crippen MR) is 137 cm³/mol. The number of hydrogen-bond acceptors (Lipinski definition) is 8. The molecule has 0 spiro atoms. The number of carbonyl (C=O) groups is 1. The molecule has 8 nitrogen and oxygen atoms in total. The second-order valence-corrected chi connectivity index (χ2v) is 10.3. The molecule has 0 aliphatic carbocycles. The van der Waals surface area contributed by atoms with Gasteiger partial charge >= 0.3 is 0 Å². The van der Waals surface area contributed by atoms with E-state index in [0.717, 1.165) is 51.4 Å². The van der Waals surface area contributed by atoms with Crippen molar-refractivity contribution in [3.05, 3.63) is 47.7 Å². The highest BCUT2D eigenvalue weighted by atomic mass is 32.2. The van der Waals surface area contributed by atoms with Crippen molar-refractivity contribution in [1.82, 2.24) is 19.7 Å². The number of nitrogens with two attached hydrogens (primary N) is 1. The lowest BCUT2D eigenvalue weighted by Crippen LogP contribution is -2.18. The number of amides is 1. The van der Waals surface area contributed by atoms with Crippen molar-refractivity contribution in [2.45, 2.75) is 44.5 Å². The number of aryl methyl sites for hydroxylation is 2. The standard InChI is InChI=1S/C24H26N6O2S2/c1-14-7-8-18(15(2)11-14)27-19(31)13-33-24-29-28-22(30(24)12-16-5-4-10-32-16)21-20(25)17-6-3-9-26-23(17)34-21/h3,6-9,11,16H,4-5,10,12-13,25H2,1-2H3,(H,27,31). The molecule has 0 radical (unpaired) electrons. The molecule has 0 saturated carbocycles.